The zero-order chi connectivity index (χ0) is 13.5. The minimum Gasteiger partial charge on any atom is -0.466 e. The fourth-order valence-corrected chi connectivity index (χ4v) is 1.66. The third-order valence-electron chi connectivity index (χ3n) is 2.44. The van der Waals surface area contributed by atoms with E-state index >= 15 is 0 Å². The lowest BCUT2D eigenvalue weighted by Crippen LogP contribution is -2.22. The normalized spacial score (nSPS) is 10.7. The quantitative estimate of drug-likeness (QED) is 0.747. The molecule has 0 spiro atoms. The van der Waals surface area contributed by atoms with Crippen LogP contribution in [0.5, 0.6) is 0 Å². The van der Waals surface area contributed by atoms with Crippen LogP contribution in [0.3, 0.4) is 0 Å². The highest BCUT2D eigenvalue weighted by atomic mass is 35.5. The standard InChI is InChI=1S/C13H17ClFNO2/c1-3-18-13(17)6-7-16(2)9-10-4-5-11(14)12(15)8-10/h4-5,8H,3,6-7,9H2,1-2H3. The summed E-state index contributed by atoms with van der Waals surface area (Å²) in [4.78, 5) is 13.1. The predicted molar refractivity (Wildman–Crippen MR) is 69.0 cm³/mol. The van der Waals surface area contributed by atoms with Crippen LogP contribution >= 0.6 is 11.6 Å². The van der Waals surface area contributed by atoms with Gasteiger partial charge in [-0.25, -0.2) is 4.39 Å². The van der Waals surface area contributed by atoms with Gasteiger partial charge in [0, 0.05) is 13.1 Å². The Morgan fingerprint density at radius 2 is 2.22 bits per heavy atom. The van der Waals surface area contributed by atoms with Gasteiger partial charge in [-0.1, -0.05) is 17.7 Å². The predicted octanol–water partition coefficient (Wildman–Crippen LogP) is 2.86. The Labute approximate surface area is 111 Å². The van der Waals surface area contributed by atoms with E-state index in [1.54, 1.807) is 13.0 Å². The van der Waals surface area contributed by atoms with E-state index in [4.69, 9.17) is 16.3 Å². The zero-order valence-electron chi connectivity index (χ0n) is 10.6. The molecule has 100 valence electrons. The van der Waals surface area contributed by atoms with Crippen molar-refractivity contribution < 1.29 is 13.9 Å². The third-order valence-corrected chi connectivity index (χ3v) is 2.75. The van der Waals surface area contributed by atoms with Crippen LogP contribution in [0.15, 0.2) is 18.2 Å². The number of benzene rings is 1. The first-order valence-corrected chi connectivity index (χ1v) is 6.18. The van der Waals surface area contributed by atoms with Crippen molar-refractivity contribution >= 4 is 17.6 Å². The summed E-state index contributed by atoms with van der Waals surface area (Å²) in [5.41, 5.74) is 0.822. The minimum atomic E-state index is -0.423. The molecule has 0 fully saturated rings. The molecule has 5 heteroatoms. The SMILES string of the molecule is CCOC(=O)CCN(C)Cc1ccc(Cl)c(F)c1. The summed E-state index contributed by atoms with van der Waals surface area (Å²) >= 11 is 5.60. The Morgan fingerprint density at radius 3 is 2.83 bits per heavy atom. The molecular weight excluding hydrogens is 257 g/mol. The van der Waals surface area contributed by atoms with Crippen molar-refractivity contribution in [2.24, 2.45) is 0 Å². The number of hydrogen-bond donors (Lipinski definition) is 0. The molecule has 0 amide bonds. The molecule has 0 saturated carbocycles. The number of hydrogen-bond acceptors (Lipinski definition) is 3. The summed E-state index contributed by atoms with van der Waals surface area (Å²) in [7, 11) is 1.87. The van der Waals surface area contributed by atoms with Gasteiger partial charge in [-0.05, 0) is 31.7 Å². The van der Waals surface area contributed by atoms with Crippen LogP contribution in [0.2, 0.25) is 5.02 Å². The topological polar surface area (TPSA) is 29.5 Å². The molecular formula is C13H17ClFNO2. The van der Waals surface area contributed by atoms with E-state index in [0.717, 1.165) is 5.56 Å². The van der Waals surface area contributed by atoms with Crippen LogP contribution in [0.25, 0.3) is 0 Å². The second kappa shape index (κ2) is 7.34. The number of nitrogens with zero attached hydrogens (tertiary/aromatic N) is 1. The maximum absolute atomic E-state index is 13.2. The Morgan fingerprint density at radius 1 is 1.50 bits per heavy atom. The van der Waals surface area contributed by atoms with Gasteiger partial charge in [-0.2, -0.15) is 0 Å². The van der Waals surface area contributed by atoms with Crippen molar-refractivity contribution in [1.29, 1.82) is 0 Å². The lowest BCUT2D eigenvalue weighted by Gasteiger charge is -2.16. The van der Waals surface area contributed by atoms with Gasteiger partial charge in [0.25, 0.3) is 0 Å². The maximum atomic E-state index is 13.2. The van der Waals surface area contributed by atoms with Gasteiger partial charge in [0.1, 0.15) is 5.82 Å². The van der Waals surface area contributed by atoms with Crippen molar-refractivity contribution in [3.63, 3.8) is 0 Å². The summed E-state index contributed by atoms with van der Waals surface area (Å²) in [5, 5.41) is 0.118. The maximum Gasteiger partial charge on any atom is 0.307 e. The molecule has 0 heterocycles. The number of carbonyl (C=O) groups excluding carboxylic acids is 1. The molecule has 0 radical (unpaired) electrons. The van der Waals surface area contributed by atoms with Crippen LogP contribution in [0.4, 0.5) is 4.39 Å². The van der Waals surface area contributed by atoms with Gasteiger partial charge in [0.2, 0.25) is 0 Å². The van der Waals surface area contributed by atoms with Crippen LogP contribution in [-0.2, 0) is 16.1 Å². The molecule has 1 rings (SSSR count). The average molecular weight is 274 g/mol. The molecule has 0 atom stereocenters. The lowest BCUT2D eigenvalue weighted by atomic mass is 10.2. The molecule has 3 nitrogen and oxygen atoms in total. The van der Waals surface area contributed by atoms with E-state index < -0.39 is 5.82 Å². The fraction of sp³-hybridized carbons (Fsp3) is 0.462. The van der Waals surface area contributed by atoms with Gasteiger partial charge < -0.3 is 9.64 Å². The molecule has 0 saturated heterocycles. The molecule has 18 heavy (non-hydrogen) atoms. The molecule has 0 aliphatic rings. The summed E-state index contributed by atoms with van der Waals surface area (Å²) in [6.07, 6.45) is 0.334. The summed E-state index contributed by atoms with van der Waals surface area (Å²) in [6.45, 7) is 3.31. The third kappa shape index (κ3) is 5.02. The van der Waals surface area contributed by atoms with Crippen molar-refractivity contribution in [2.45, 2.75) is 19.9 Å². The first-order chi connectivity index (χ1) is 8.52. The Balaban J connectivity index is 2.42. The van der Waals surface area contributed by atoms with Crippen LogP contribution in [0.1, 0.15) is 18.9 Å². The highest BCUT2D eigenvalue weighted by molar-refractivity contribution is 6.30. The monoisotopic (exact) mass is 273 g/mol. The molecule has 0 aromatic heterocycles. The highest BCUT2D eigenvalue weighted by Gasteiger charge is 2.07. The minimum absolute atomic E-state index is 0.118. The number of rotatable bonds is 6. The molecule has 0 aliphatic heterocycles. The second-order valence-corrected chi connectivity index (χ2v) is 4.45. The summed E-state index contributed by atoms with van der Waals surface area (Å²) in [6, 6.07) is 4.71. The van der Waals surface area contributed by atoms with Gasteiger partial charge in [0.05, 0.1) is 18.1 Å². The van der Waals surface area contributed by atoms with Crippen LogP contribution in [0, 0.1) is 5.82 Å². The van der Waals surface area contributed by atoms with E-state index in [1.807, 2.05) is 11.9 Å². The zero-order valence-corrected chi connectivity index (χ0v) is 11.3. The largest absolute Gasteiger partial charge is 0.466 e. The number of carbonyl (C=O) groups is 1. The Kier molecular flexibility index (Phi) is 6.09. The summed E-state index contributed by atoms with van der Waals surface area (Å²) in [5.74, 6) is -0.639. The van der Waals surface area contributed by atoms with E-state index in [0.29, 0.717) is 26.1 Å². The van der Waals surface area contributed by atoms with Crippen molar-refractivity contribution in [3.8, 4) is 0 Å². The van der Waals surface area contributed by atoms with Crippen LogP contribution < -0.4 is 0 Å². The number of esters is 1. The van der Waals surface area contributed by atoms with Crippen LogP contribution in [-0.4, -0.2) is 31.1 Å². The van der Waals surface area contributed by atoms with E-state index in [-0.39, 0.29) is 11.0 Å². The van der Waals surface area contributed by atoms with Gasteiger partial charge >= 0.3 is 5.97 Å². The van der Waals surface area contributed by atoms with Gasteiger partial charge in [0.15, 0.2) is 0 Å². The molecule has 1 aromatic carbocycles. The lowest BCUT2D eigenvalue weighted by molar-refractivity contribution is -0.143. The first-order valence-electron chi connectivity index (χ1n) is 5.81. The van der Waals surface area contributed by atoms with Gasteiger partial charge in [-0.3, -0.25) is 4.79 Å². The first kappa shape index (κ1) is 14.9. The van der Waals surface area contributed by atoms with E-state index in [9.17, 15) is 9.18 Å². The summed E-state index contributed by atoms with van der Waals surface area (Å²) < 4.78 is 18.1. The number of ether oxygens (including phenoxy) is 1. The smallest absolute Gasteiger partial charge is 0.307 e. The van der Waals surface area contributed by atoms with Crippen molar-refractivity contribution in [3.05, 3.63) is 34.6 Å². The molecule has 0 bridgehead atoms. The van der Waals surface area contributed by atoms with E-state index in [2.05, 4.69) is 0 Å². The Hall–Kier alpha value is -1.13. The molecule has 0 N–H and O–H groups in total. The van der Waals surface area contributed by atoms with Gasteiger partial charge in [-0.15, -0.1) is 0 Å². The highest BCUT2D eigenvalue weighted by Crippen LogP contribution is 2.16. The fourth-order valence-electron chi connectivity index (χ4n) is 1.54. The number of halogens is 2. The molecule has 0 aliphatic carbocycles. The van der Waals surface area contributed by atoms with E-state index in [1.165, 1.54) is 12.1 Å². The van der Waals surface area contributed by atoms with Crippen molar-refractivity contribution in [1.82, 2.24) is 4.90 Å². The molecule has 1 aromatic rings. The second-order valence-electron chi connectivity index (χ2n) is 4.04. The Bertz CT molecular complexity index is 412. The van der Waals surface area contributed by atoms with Crippen molar-refractivity contribution in [2.75, 3.05) is 20.2 Å². The average Bonchev–Trinajstić information content (AvgIpc) is 2.32. The molecule has 0 unspecified atom stereocenters.